The molecular weight excluding hydrogens is 200 g/mol. The molecule has 0 aromatic heterocycles. The van der Waals surface area contributed by atoms with E-state index in [2.05, 4.69) is 13.8 Å². The van der Waals surface area contributed by atoms with Crippen molar-refractivity contribution in [2.24, 2.45) is 5.92 Å². The van der Waals surface area contributed by atoms with Crippen molar-refractivity contribution in [1.82, 2.24) is 0 Å². The number of benzene rings is 1. The van der Waals surface area contributed by atoms with Gasteiger partial charge in [-0.2, -0.15) is 0 Å². The second-order valence-electron chi connectivity index (χ2n) is 4.66. The summed E-state index contributed by atoms with van der Waals surface area (Å²) >= 11 is 0. The Morgan fingerprint density at radius 1 is 1.25 bits per heavy atom. The molecule has 0 N–H and O–H groups in total. The van der Waals surface area contributed by atoms with Crippen LogP contribution in [0.15, 0.2) is 24.3 Å². The van der Waals surface area contributed by atoms with Crippen molar-refractivity contribution >= 4 is 5.97 Å². The molecule has 0 heterocycles. The molecule has 0 saturated carbocycles. The molecule has 0 unspecified atom stereocenters. The van der Waals surface area contributed by atoms with E-state index in [0.717, 1.165) is 12.0 Å². The first kappa shape index (κ1) is 12.8. The number of hydrogen-bond donors (Lipinski definition) is 0. The van der Waals surface area contributed by atoms with Gasteiger partial charge in [-0.25, -0.2) is 4.79 Å². The average molecular weight is 220 g/mol. The highest BCUT2D eigenvalue weighted by atomic mass is 16.5. The minimum Gasteiger partial charge on any atom is -0.459 e. The van der Waals surface area contributed by atoms with E-state index < -0.39 is 0 Å². The third-order valence-corrected chi connectivity index (χ3v) is 2.48. The fraction of sp³-hybridized carbons (Fsp3) is 0.500. The Hall–Kier alpha value is -1.31. The highest BCUT2D eigenvalue weighted by Gasteiger charge is 2.14. The van der Waals surface area contributed by atoms with E-state index in [1.54, 1.807) is 6.07 Å². The summed E-state index contributed by atoms with van der Waals surface area (Å²) in [6.07, 6.45) is 0.879. The van der Waals surface area contributed by atoms with Gasteiger partial charge < -0.3 is 4.74 Å². The number of carbonyl (C=O) groups excluding carboxylic acids is 1. The Bertz CT molecular complexity index is 356. The largest absolute Gasteiger partial charge is 0.459 e. The van der Waals surface area contributed by atoms with Crippen molar-refractivity contribution in [2.75, 3.05) is 0 Å². The molecule has 0 amide bonds. The molecule has 1 rings (SSSR count). The smallest absolute Gasteiger partial charge is 0.338 e. The Kier molecular flexibility index (Phi) is 4.53. The lowest BCUT2D eigenvalue weighted by molar-refractivity contribution is 0.0299. The molecule has 0 bridgehead atoms. The van der Waals surface area contributed by atoms with Gasteiger partial charge >= 0.3 is 5.97 Å². The van der Waals surface area contributed by atoms with Gasteiger partial charge in [0, 0.05) is 0 Å². The van der Waals surface area contributed by atoms with E-state index in [4.69, 9.17) is 4.74 Å². The Morgan fingerprint density at radius 2 is 1.88 bits per heavy atom. The van der Waals surface area contributed by atoms with Crippen molar-refractivity contribution in [2.45, 2.75) is 40.2 Å². The Morgan fingerprint density at radius 3 is 2.44 bits per heavy atom. The summed E-state index contributed by atoms with van der Waals surface area (Å²) in [4.78, 5) is 11.8. The standard InChI is InChI=1S/C14H20O2/c1-10(2)9-12(4)16-14(15)13-8-6-5-7-11(13)3/h5-8,10,12H,9H2,1-4H3/t12-/m1/s1. The van der Waals surface area contributed by atoms with Crippen molar-refractivity contribution in [3.8, 4) is 0 Å². The van der Waals surface area contributed by atoms with E-state index in [9.17, 15) is 4.79 Å². The molecule has 88 valence electrons. The zero-order chi connectivity index (χ0) is 12.1. The van der Waals surface area contributed by atoms with Crippen LogP contribution in [0.25, 0.3) is 0 Å². The monoisotopic (exact) mass is 220 g/mol. The van der Waals surface area contributed by atoms with Gasteiger partial charge in [-0.1, -0.05) is 32.0 Å². The first-order chi connectivity index (χ1) is 7.50. The predicted octanol–water partition coefficient (Wildman–Crippen LogP) is 3.59. The maximum absolute atomic E-state index is 11.8. The SMILES string of the molecule is Cc1ccccc1C(=O)O[C@H](C)CC(C)C. The second kappa shape index (κ2) is 5.69. The van der Waals surface area contributed by atoms with Gasteiger partial charge in [0.2, 0.25) is 0 Å². The summed E-state index contributed by atoms with van der Waals surface area (Å²) < 4.78 is 5.39. The summed E-state index contributed by atoms with van der Waals surface area (Å²) in [7, 11) is 0. The third kappa shape index (κ3) is 3.69. The lowest BCUT2D eigenvalue weighted by Gasteiger charge is -2.15. The summed E-state index contributed by atoms with van der Waals surface area (Å²) in [5.74, 6) is 0.325. The summed E-state index contributed by atoms with van der Waals surface area (Å²) in [5.41, 5.74) is 1.63. The predicted molar refractivity (Wildman–Crippen MR) is 65.5 cm³/mol. The molecule has 2 nitrogen and oxygen atoms in total. The molecule has 0 fully saturated rings. The van der Waals surface area contributed by atoms with Crippen molar-refractivity contribution in [1.29, 1.82) is 0 Å². The van der Waals surface area contributed by atoms with E-state index >= 15 is 0 Å². The van der Waals surface area contributed by atoms with Gasteiger partial charge in [0.05, 0.1) is 11.7 Å². The molecule has 2 heteroatoms. The Labute approximate surface area is 97.6 Å². The quantitative estimate of drug-likeness (QED) is 0.725. The fourth-order valence-corrected chi connectivity index (χ4v) is 1.76. The average Bonchev–Trinajstić information content (AvgIpc) is 2.16. The van der Waals surface area contributed by atoms with Crippen LogP contribution in [0.1, 0.15) is 43.1 Å². The number of hydrogen-bond acceptors (Lipinski definition) is 2. The highest BCUT2D eigenvalue weighted by Crippen LogP contribution is 2.13. The summed E-state index contributed by atoms with van der Waals surface area (Å²) in [6, 6.07) is 7.50. The minimum absolute atomic E-state index is 0.0212. The minimum atomic E-state index is -0.216. The van der Waals surface area contributed by atoms with Crippen molar-refractivity contribution in [3.05, 3.63) is 35.4 Å². The molecule has 1 aromatic carbocycles. The van der Waals surface area contributed by atoms with E-state index in [1.807, 2.05) is 32.0 Å². The zero-order valence-electron chi connectivity index (χ0n) is 10.5. The fourth-order valence-electron chi connectivity index (χ4n) is 1.76. The van der Waals surface area contributed by atoms with Crippen LogP contribution in [0.5, 0.6) is 0 Å². The first-order valence-corrected chi connectivity index (χ1v) is 5.77. The van der Waals surface area contributed by atoms with Crippen LogP contribution in [0.4, 0.5) is 0 Å². The molecule has 0 saturated heterocycles. The molecule has 16 heavy (non-hydrogen) atoms. The van der Waals surface area contributed by atoms with Crippen LogP contribution >= 0.6 is 0 Å². The first-order valence-electron chi connectivity index (χ1n) is 5.77. The number of ether oxygens (including phenoxy) is 1. The van der Waals surface area contributed by atoms with Crippen LogP contribution in [-0.2, 0) is 4.74 Å². The molecule has 0 radical (unpaired) electrons. The van der Waals surface area contributed by atoms with E-state index in [0.29, 0.717) is 11.5 Å². The Balaban J connectivity index is 2.63. The van der Waals surface area contributed by atoms with Crippen LogP contribution in [-0.4, -0.2) is 12.1 Å². The number of esters is 1. The maximum atomic E-state index is 11.8. The van der Waals surface area contributed by atoms with E-state index in [1.165, 1.54) is 0 Å². The highest BCUT2D eigenvalue weighted by molar-refractivity contribution is 5.91. The molecule has 1 atom stereocenters. The number of rotatable bonds is 4. The zero-order valence-corrected chi connectivity index (χ0v) is 10.5. The van der Waals surface area contributed by atoms with E-state index in [-0.39, 0.29) is 12.1 Å². The molecule has 0 aliphatic heterocycles. The number of aryl methyl sites for hydroxylation is 1. The van der Waals surface area contributed by atoms with Gasteiger partial charge in [-0.05, 0) is 37.8 Å². The second-order valence-corrected chi connectivity index (χ2v) is 4.66. The van der Waals surface area contributed by atoms with Crippen LogP contribution in [0.2, 0.25) is 0 Å². The van der Waals surface area contributed by atoms with Gasteiger partial charge in [0.15, 0.2) is 0 Å². The van der Waals surface area contributed by atoms with Gasteiger partial charge in [0.25, 0.3) is 0 Å². The van der Waals surface area contributed by atoms with Gasteiger partial charge in [-0.15, -0.1) is 0 Å². The van der Waals surface area contributed by atoms with Gasteiger partial charge in [-0.3, -0.25) is 0 Å². The van der Waals surface area contributed by atoms with Gasteiger partial charge in [0.1, 0.15) is 0 Å². The molecule has 0 spiro atoms. The van der Waals surface area contributed by atoms with Crippen LogP contribution in [0, 0.1) is 12.8 Å². The van der Waals surface area contributed by atoms with Crippen molar-refractivity contribution in [3.63, 3.8) is 0 Å². The molecule has 0 aliphatic carbocycles. The number of carbonyl (C=O) groups is 1. The normalized spacial score (nSPS) is 12.6. The molecular formula is C14H20O2. The third-order valence-electron chi connectivity index (χ3n) is 2.48. The lowest BCUT2D eigenvalue weighted by atomic mass is 10.1. The van der Waals surface area contributed by atoms with Crippen LogP contribution < -0.4 is 0 Å². The van der Waals surface area contributed by atoms with Crippen LogP contribution in [0.3, 0.4) is 0 Å². The summed E-state index contributed by atoms with van der Waals surface area (Å²) in [6.45, 7) is 8.11. The summed E-state index contributed by atoms with van der Waals surface area (Å²) in [5, 5.41) is 0. The molecule has 0 aliphatic rings. The topological polar surface area (TPSA) is 26.3 Å². The lowest BCUT2D eigenvalue weighted by Crippen LogP contribution is -2.17. The maximum Gasteiger partial charge on any atom is 0.338 e. The molecule has 1 aromatic rings. The van der Waals surface area contributed by atoms with Crippen molar-refractivity contribution < 1.29 is 9.53 Å².